The Bertz CT molecular complexity index is 238. The Kier molecular flexibility index (Phi) is 5.60. The van der Waals surface area contributed by atoms with Crippen molar-refractivity contribution in [2.75, 3.05) is 12.5 Å². The van der Waals surface area contributed by atoms with E-state index in [-0.39, 0.29) is 12.7 Å². The van der Waals surface area contributed by atoms with Crippen molar-refractivity contribution in [1.29, 1.82) is 0 Å². The normalized spacial score (nSPS) is 12.7. The Morgan fingerprint density at radius 2 is 2.00 bits per heavy atom. The minimum Gasteiger partial charge on any atom is -0.396 e. The Morgan fingerprint density at radius 1 is 1.29 bits per heavy atom. The molecule has 1 aromatic carbocycles. The second-order valence-corrected chi connectivity index (χ2v) is 3.39. The van der Waals surface area contributed by atoms with E-state index in [4.69, 9.17) is 21.4 Å². The molecule has 14 heavy (non-hydrogen) atoms. The van der Waals surface area contributed by atoms with Crippen molar-refractivity contribution in [3.63, 3.8) is 0 Å². The average molecular weight is 215 g/mol. The van der Waals surface area contributed by atoms with E-state index in [1.165, 1.54) is 0 Å². The van der Waals surface area contributed by atoms with Gasteiger partial charge in [-0.05, 0) is 12.0 Å². The highest BCUT2D eigenvalue weighted by Gasteiger charge is 2.06. The highest BCUT2D eigenvalue weighted by molar-refractivity contribution is 6.18. The van der Waals surface area contributed by atoms with E-state index in [0.717, 1.165) is 5.56 Å². The van der Waals surface area contributed by atoms with Crippen LogP contribution in [0, 0.1) is 0 Å². The minimum atomic E-state index is -0.0538. The third-order valence-electron chi connectivity index (χ3n) is 1.95. The third-order valence-corrected chi connectivity index (χ3v) is 2.30. The summed E-state index contributed by atoms with van der Waals surface area (Å²) in [6.07, 6.45) is 0.540. The van der Waals surface area contributed by atoms with E-state index in [1.807, 2.05) is 30.3 Å². The molecule has 0 saturated carbocycles. The van der Waals surface area contributed by atoms with Gasteiger partial charge in [-0.25, -0.2) is 0 Å². The fourth-order valence-electron chi connectivity index (χ4n) is 1.14. The minimum absolute atomic E-state index is 0.0538. The molecule has 0 aliphatic carbocycles. The van der Waals surface area contributed by atoms with Crippen molar-refractivity contribution in [1.82, 2.24) is 0 Å². The van der Waals surface area contributed by atoms with Crippen LogP contribution in [-0.4, -0.2) is 23.7 Å². The smallest absolute Gasteiger partial charge is 0.0736 e. The number of aliphatic hydroxyl groups excluding tert-OH is 1. The van der Waals surface area contributed by atoms with Crippen LogP contribution < -0.4 is 0 Å². The second kappa shape index (κ2) is 6.82. The van der Waals surface area contributed by atoms with Gasteiger partial charge in [-0.2, -0.15) is 0 Å². The fraction of sp³-hybridized carbons (Fsp3) is 0.455. The monoisotopic (exact) mass is 214 g/mol. The molecule has 0 amide bonds. The second-order valence-electron chi connectivity index (χ2n) is 3.09. The summed E-state index contributed by atoms with van der Waals surface area (Å²) in [6.45, 7) is 0.671. The third kappa shape index (κ3) is 4.09. The summed E-state index contributed by atoms with van der Waals surface area (Å²) in [5.74, 6) is 0.424. The number of hydrogen-bond acceptors (Lipinski definition) is 2. The van der Waals surface area contributed by atoms with Gasteiger partial charge in [-0.1, -0.05) is 30.3 Å². The zero-order valence-corrected chi connectivity index (χ0v) is 8.78. The Balaban J connectivity index is 2.32. The number of benzene rings is 1. The summed E-state index contributed by atoms with van der Waals surface area (Å²) < 4.78 is 5.53. The molecule has 0 saturated heterocycles. The van der Waals surface area contributed by atoms with Gasteiger partial charge in [0.05, 0.1) is 12.7 Å². The average Bonchev–Trinajstić information content (AvgIpc) is 2.25. The standard InChI is InChI=1S/C11H15ClO2/c12-8-11(6-7-13)14-9-10-4-2-1-3-5-10/h1-5,11,13H,6-9H2. The first-order chi connectivity index (χ1) is 6.86. The first-order valence-corrected chi connectivity index (χ1v) is 5.22. The lowest BCUT2D eigenvalue weighted by molar-refractivity contribution is 0.0385. The molecule has 1 rings (SSSR count). The van der Waals surface area contributed by atoms with E-state index in [1.54, 1.807) is 0 Å². The Morgan fingerprint density at radius 3 is 2.57 bits per heavy atom. The summed E-state index contributed by atoms with van der Waals surface area (Å²) in [4.78, 5) is 0. The molecule has 0 aromatic heterocycles. The van der Waals surface area contributed by atoms with Crippen molar-refractivity contribution in [3.8, 4) is 0 Å². The van der Waals surface area contributed by atoms with Gasteiger partial charge < -0.3 is 9.84 Å². The van der Waals surface area contributed by atoms with Crippen LogP contribution in [0.3, 0.4) is 0 Å². The molecule has 0 aliphatic rings. The van der Waals surface area contributed by atoms with Crippen LogP contribution in [-0.2, 0) is 11.3 Å². The van der Waals surface area contributed by atoms with Crippen molar-refractivity contribution in [2.45, 2.75) is 19.1 Å². The van der Waals surface area contributed by atoms with Crippen LogP contribution in [0.5, 0.6) is 0 Å². The molecule has 1 atom stereocenters. The first-order valence-electron chi connectivity index (χ1n) is 4.69. The molecule has 0 heterocycles. The van der Waals surface area contributed by atoms with E-state index in [0.29, 0.717) is 18.9 Å². The number of alkyl halides is 1. The van der Waals surface area contributed by atoms with Crippen molar-refractivity contribution < 1.29 is 9.84 Å². The molecule has 1 aromatic rings. The van der Waals surface area contributed by atoms with Gasteiger partial charge in [-0.15, -0.1) is 11.6 Å². The number of rotatable bonds is 6. The summed E-state index contributed by atoms with van der Waals surface area (Å²) >= 11 is 5.68. The number of hydrogen-bond donors (Lipinski definition) is 1. The maximum Gasteiger partial charge on any atom is 0.0736 e. The highest BCUT2D eigenvalue weighted by atomic mass is 35.5. The number of aliphatic hydroxyl groups is 1. The summed E-state index contributed by atoms with van der Waals surface area (Å²) in [5.41, 5.74) is 1.13. The van der Waals surface area contributed by atoms with Gasteiger partial charge in [0.2, 0.25) is 0 Å². The van der Waals surface area contributed by atoms with Crippen LogP contribution in [0.25, 0.3) is 0 Å². The Hall–Kier alpha value is -0.570. The molecule has 0 spiro atoms. The van der Waals surface area contributed by atoms with Gasteiger partial charge >= 0.3 is 0 Å². The molecule has 1 unspecified atom stereocenters. The van der Waals surface area contributed by atoms with E-state index in [9.17, 15) is 0 Å². The first kappa shape index (κ1) is 11.5. The number of halogens is 1. The quantitative estimate of drug-likeness (QED) is 0.736. The lowest BCUT2D eigenvalue weighted by Crippen LogP contribution is -2.16. The van der Waals surface area contributed by atoms with Crippen LogP contribution in [0.1, 0.15) is 12.0 Å². The van der Waals surface area contributed by atoms with Crippen molar-refractivity contribution in [3.05, 3.63) is 35.9 Å². The highest BCUT2D eigenvalue weighted by Crippen LogP contribution is 2.06. The largest absolute Gasteiger partial charge is 0.396 e. The summed E-state index contributed by atoms with van der Waals surface area (Å²) in [5, 5.41) is 8.73. The van der Waals surface area contributed by atoms with Gasteiger partial charge in [0.25, 0.3) is 0 Å². The maximum absolute atomic E-state index is 8.73. The predicted molar refractivity (Wildman–Crippen MR) is 57.4 cm³/mol. The maximum atomic E-state index is 8.73. The van der Waals surface area contributed by atoms with E-state index >= 15 is 0 Å². The van der Waals surface area contributed by atoms with Gasteiger partial charge in [0.1, 0.15) is 0 Å². The zero-order chi connectivity index (χ0) is 10.2. The Labute approximate surface area is 89.5 Å². The SMILES string of the molecule is OCCC(CCl)OCc1ccccc1. The molecule has 0 radical (unpaired) electrons. The van der Waals surface area contributed by atoms with Crippen LogP contribution in [0.15, 0.2) is 30.3 Å². The van der Waals surface area contributed by atoms with E-state index in [2.05, 4.69) is 0 Å². The zero-order valence-electron chi connectivity index (χ0n) is 8.03. The van der Waals surface area contributed by atoms with Crippen LogP contribution >= 0.6 is 11.6 Å². The van der Waals surface area contributed by atoms with Gasteiger partial charge in [0, 0.05) is 12.5 Å². The molecule has 2 nitrogen and oxygen atoms in total. The molecule has 1 N–H and O–H groups in total. The van der Waals surface area contributed by atoms with E-state index < -0.39 is 0 Å². The molecular formula is C11H15ClO2. The van der Waals surface area contributed by atoms with Gasteiger partial charge in [-0.3, -0.25) is 0 Å². The lowest BCUT2D eigenvalue weighted by atomic mass is 10.2. The molecule has 3 heteroatoms. The fourth-order valence-corrected chi connectivity index (χ4v) is 1.38. The number of ether oxygens (including phenoxy) is 1. The lowest BCUT2D eigenvalue weighted by Gasteiger charge is -2.13. The van der Waals surface area contributed by atoms with Crippen molar-refractivity contribution >= 4 is 11.6 Å². The molecule has 0 bridgehead atoms. The molecule has 78 valence electrons. The van der Waals surface area contributed by atoms with Crippen molar-refractivity contribution in [2.24, 2.45) is 0 Å². The molecule has 0 fully saturated rings. The van der Waals surface area contributed by atoms with Crippen LogP contribution in [0.2, 0.25) is 0 Å². The van der Waals surface area contributed by atoms with Crippen LogP contribution in [0.4, 0.5) is 0 Å². The van der Waals surface area contributed by atoms with Gasteiger partial charge in [0.15, 0.2) is 0 Å². The predicted octanol–water partition coefficient (Wildman–Crippen LogP) is 2.19. The summed E-state index contributed by atoms with van der Waals surface area (Å²) in [7, 11) is 0. The summed E-state index contributed by atoms with van der Waals surface area (Å²) in [6, 6.07) is 9.92. The topological polar surface area (TPSA) is 29.5 Å². The molecular weight excluding hydrogens is 200 g/mol. The molecule has 0 aliphatic heterocycles.